The lowest BCUT2D eigenvalue weighted by molar-refractivity contribution is -0.384. The number of nitro benzene ring substituents is 1. The Labute approximate surface area is 171 Å². The predicted molar refractivity (Wildman–Crippen MR) is 112 cm³/mol. The molecule has 10 nitrogen and oxygen atoms in total. The molecule has 1 fully saturated rings. The van der Waals surface area contributed by atoms with E-state index in [0.29, 0.717) is 43.0 Å². The molecule has 3 aromatic rings. The van der Waals surface area contributed by atoms with Crippen LogP contribution in [0.5, 0.6) is 0 Å². The summed E-state index contributed by atoms with van der Waals surface area (Å²) in [6, 6.07) is 8.18. The van der Waals surface area contributed by atoms with Gasteiger partial charge in [0, 0.05) is 24.8 Å². The van der Waals surface area contributed by atoms with E-state index in [4.69, 9.17) is 0 Å². The highest BCUT2D eigenvalue weighted by Crippen LogP contribution is 2.34. The Morgan fingerprint density at radius 1 is 1.37 bits per heavy atom. The molecule has 1 aliphatic heterocycles. The van der Waals surface area contributed by atoms with E-state index in [1.54, 1.807) is 12.1 Å². The molecule has 10 heteroatoms. The summed E-state index contributed by atoms with van der Waals surface area (Å²) in [7, 11) is 0. The van der Waals surface area contributed by atoms with Crippen molar-refractivity contribution in [3.05, 3.63) is 62.8 Å². The van der Waals surface area contributed by atoms with Crippen LogP contribution in [-0.4, -0.2) is 38.9 Å². The van der Waals surface area contributed by atoms with Gasteiger partial charge in [0.25, 0.3) is 11.2 Å². The average Bonchev–Trinajstić information content (AvgIpc) is 2.73. The third-order valence-corrected chi connectivity index (χ3v) is 5.21. The van der Waals surface area contributed by atoms with Crippen molar-refractivity contribution in [3.8, 4) is 0 Å². The molecule has 154 valence electrons. The van der Waals surface area contributed by atoms with Crippen LogP contribution in [0.2, 0.25) is 0 Å². The van der Waals surface area contributed by atoms with Crippen LogP contribution in [0.15, 0.2) is 41.5 Å². The molecule has 0 radical (unpaired) electrons. The fourth-order valence-electron chi connectivity index (χ4n) is 3.74. The Morgan fingerprint density at radius 2 is 2.20 bits per heavy atom. The van der Waals surface area contributed by atoms with Crippen LogP contribution < -0.4 is 15.8 Å². The van der Waals surface area contributed by atoms with Crippen LogP contribution in [0.3, 0.4) is 0 Å². The van der Waals surface area contributed by atoms with Gasteiger partial charge in [0.1, 0.15) is 11.5 Å². The maximum atomic E-state index is 12.8. The lowest BCUT2D eigenvalue weighted by atomic mass is 9.96. The Hall–Kier alpha value is -3.82. The number of nitrogens with one attached hydrogen (secondary N) is 2. The number of rotatable bonds is 4. The first-order valence-electron chi connectivity index (χ1n) is 9.57. The van der Waals surface area contributed by atoms with Crippen LogP contribution in [0.25, 0.3) is 10.9 Å². The molecule has 2 N–H and O–H groups in total. The summed E-state index contributed by atoms with van der Waals surface area (Å²) in [4.78, 5) is 48.6. The Kier molecular flexibility index (Phi) is 5.13. The highest BCUT2D eigenvalue weighted by Gasteiger charge is 2.30. The van der Waals surface area contributed by atoms with E-state index in [1.165, 1.54) is 12.4 Å². The third kappa shape index (κ3) is 3.84. The van der Waals surface area contributed by atoms with Gasteiger partial charge in [0.2, 0.25) is 5.91 Å². The fourth-order valence-corrected chi connectivity index (χ4v) is 3.74. The SMILES string of the molecule is Cc1cccc(NC(=O)C2CCCN(c3cc4nc[nH]c(=O)c4cc3[N+](=O)[O-])C2)n1. The summed E-state index contributed by atoms with van der Waals surface area (Å²) in [6.07, 6.45) is 2.65. The van der Waals surface area contributed by atoms with E-state index in [9.17, 15) is 19.7 Å². The lowest BCUT2D eigenvalue weighted by Crippen LogP contribution is -2.41. The largest absolute Gasteiger partial charge is 0.365 e. The van der Waals surface area contributed by atoms with Crippen LogP contribution >= 0.6 is 0 Å². The predicted octanol–water partition coefficient (Wildman–Crippen LogP) is 2.39. The van der Waals surface area contributed by atoms with Gasteiger partial charge in [-0.3, -0.25) is 19.7 Å². The summed E-state index contributed by atoms with van der Waals surface area (Å²) in [5, 5.41) is 14.7. The standard InChI is InChI=1S/C20H20N6O4/c1-12-4-2-6-18(23-12)24-19(27)13-5-3-7-25(10-13)16-9-15-14(8-17(16)26(29)30)20(28)22-11-21-15/h2,4,6,8-9,11,13H,3,5,7,10H2,1H3,(H,21,22,28)(H,23,24,27). The summed E-state index contributed by atoms with van der Waals surface area (Å²) < 4.78 is 0. The number of aromatic amines is 1. The van der Waals surface area contributed by atoms with Crippen molar-refractivity contribution in [1.29, 1.82) is 0 Å². The molecular formula is C20H20N6O4. The molecule has 1 saturated heterocycles. The Morgan fingerprint density at radius 3 is 2.97 bits per heavy atom. The van der Waals surface area contributed by atoms with Gasteiger partial charge in [0.15, 0.2) is 0 Å². The monoisotopic (exact) mass is 408 g/mol. The van der Waals surface area contributed by atoms with Crippen LogP contribution in [0.4, 0.5) is 17.2 Å². The number of hydrogen-bond donors (Lipinski definition) is 2. The molecule has 0 bridgehead atoms. The van der Waals surface area contributed by atoms with Crippen LogP contribution in [-0.2, 0) is 4.79 Å². The van der Waals surface area contributed by atoms with E-state index < -0.39 is 10.5 Å². The maximum Gasteiger partial charge on any atom is 0.293 e. The summed E-state index contributed by atoms with van der Waals surface area (Å²) >= 11 is 0. The number of H-pyrrole nitrogens is 1. The van der Waals surface area contributed by atoms with Crippen molar-refractivity contribution in [2.24, 2.45) is 5.92 Å². The minimum absolute atomic E-state index is 0.157. The second kappa shape index (κ2) is 7.90. The number of benzene rings is 1. The molecule has 0 spiro atoms. The van der Waals surface area contributed by atoms with Gasteiger partial charge in [-0.25, -0.2) is 9.97 Å². The number of anilines is 2. The van der Waals surface area contributed by atoms with Gasteiger partial charge in [-0.1, -0.05) is 6.07 Å². The second-order valence-electron chi connectivity index (χ2n) is 7.29. The van der Waals surface area contributed by atoms with Crippen molar-refractivity contribution in [3.63, 3.8) is 0 Å². The highest BCUT2D eigenvalue weighted by atomic mass is 16.6. The molecule has 3 heterocycles. The molecule has 1 amide bonds. The fraction of sp³-hybridized carbons (Fsp3) is 0.300. The van der Waals surface area contributed by atoms with Gasteiger partial charge in [-0.15, -0.1) is 0 Å². The number of pyridine rings is 1. The van der Waals surface area contributed by atoms with Gasteiger partial charge >= 0.3 is 0 Å². The summed E-state index contributed by atoms with van der Waals surface area (Å²) in [6.45, 7) is 2.74. The average molecular weight is 408 g/mol. The zero-order valence-corrected chi connectivity index (χ0v) is 16.3. The first kappa shape index (κ1) is 19.5. The first-order chi connectivity index (χ1) is 14.4. The zero-order chi connectivity index (χ0) is 21.3. The third-order valence-electron chi connectivity index (χ3n) is 5.21. The molecular weight excluding hydrogens is 388 g/mol. The number of nitrogens with zero attached hydrogens (tertiary/aromatic N) is 4. The normalized spacial score (nSPS) is 16.4. The van der Waals surface area contributed by atoms with E-state index in [-0.39, 0.29) is 22.9 Å². The van der Waals surface area contributed by atoms with Crippen LogP contribution in [0, 0.1) is 23.0 Å². The summed E-state index contributed by atoms with van der Waals surface area (Å²) in [5.41, 5.74) is 0.914. The number of hydrogen-bond acceptors (Lipinski definition) is 7. The van der Waals surface area contributed by atoms with Crippen molar-refractivity contribution in [2.45, 2.75) is 19.8 Å². The van der Waals surface area contributed by atoms with Crippen molar-refractivity contribution in [2.75, 3.05) is 23.3 Å². The van der Waals surface area contributed by atoms with E-state index >= 15 is 0 Å². The quantitative estimate of drug-likeness (QED) is 0.500. The Balaban J connectivity index is 1.62. The smallest absolute Gasteiger partial charge is 0.293 e. The van der Waals surface area contributed by atoms with Crippen LogP contribution in [0.1, 0.15) is 18.5 Å². The van der Waals surface area contributed by atoms with E-state index in [2.05, 4.69) is 20.3 Å². The van der Waals surface area contributed by atoms with Gasteiger partial charge in [0.05, 0.1) is 28.1 Å². The second-order valence-corrected chi connectivity index (χ2v) is 7.29. The topological polar surface area (TPSA) is 134 Å². The van der Waals surface area contributed by atoms with Crippen molar-refractivity contribution < 1.29 is 9.72 Å². The molecule has 30 heavy (non-hydrogen) atoms. The first-order valence-corrected chi connectivity index (χ1v) is 9.57. The molecule has 2 aromatic heterocycles. The highest BCUT2D eigenvalue weighted by molar-refractivity contribution is 5.92. The number of aryl methyl sites for hydroxylation is 1. The molecule has 1 aromatic carbocycles. The molecule has 0 saturated carbocycles. The molecule has 1 unspecified atom stereocenters. The summed E-state index contributed by atoms with van der Waals surface area (Å²) in [5.74, 6) is -0.0310. The lowest BCUT2D eigenvalue weighted by Gasteiger charge is -2.33. The van der Waals surface area contributed by atoms with E-state index in [1.807, 2.05) is 24.0 Å². The van der Waals surface area contributed by atoms with Crippen molar-refractivity contribution in [1.82, 2.24) is 15.0 Å². The molecule has 1 atom stereocenters. The number of carbonyl (C=O) groups excluding carboxylic acids is 1. The molecule has 1 aliphatic rings. The van der Waals surface area contributed by atoms with Gasteiger partial charge in [-0.05, 0) is 38.0 Å². The van der Waals surface area contributed by atoms with Crippen molar-refractivity contribution >= 4 is 34.0 Å². The zero-order valence-electron chi connectivity index (χ0n) is 16.3. The minimum atomic E-state index is -0.512. The van der Waals surface area contributed by atoms with Gasteiger partial charge in [-0.2, -0.15) is 0 Å². The number of aromatic nitrogens is 3. The van der Waals surface area contributed by atoms with Gasteiger partial charge < -0.3 is 15.2 Å². The van der Waals surface area contributed by atoms with E-state index in [0.717, 1.165) is 5.69 Å². The maximum absolute atomic E-state index is 12.8. The number of fused-ring (bicyclic) bond motifs is 1. The molecule has 0 aliphatic carbocycles. The Bertz CT molecular complexity index is 1190. The minimum Gasteiger partial charge on any atom is -0.365 e. The number of carbonyl (C=O) groups is 1. The number of nitro groups is 1. The number of amides is 1. The number of piperidine rings is 1. The molecule has 4 rings (SSSR count).